The van der Waals surface area contributed by atoms with Crippen molar-refractivity contribution in [3.63, 3.8) is 0 Å². The predicted molar refractivity (Wildman–Crippen MR) is 90.0 cm³/mol. The summed E-state index contributed by atoms with van der Waals surface area (Å²) < 4.78 is 0. The molecule has 2 aliphatic heterocycles. The number of nitrogens with zero attached hydrogens (tertiary/aromatic N) is 2. The van der Waals surface area contributed by atoms with E-state index in [-0.39, 0.29) is 23.8 Å². The zero-order valence-corrected chi connectivity index (χ0v) is 14.3. The van der Waals surface area contributed by atoms with Gasteiger partial charge in [0.15, 0.2) is 0 Å². The fourth-order valence-electron chi connectivity index (χ4n) is 3.74. The summed E-state index contributed by atoms with van der Waals surface area (Å²) in [6.45, 7) is 5.74. The smallest absolute Gasteiger partial charge is 0.226 e. The third kappa shape index (κ3) is 3.12. The van der Waals surface area contributed by atoms with Gasteiger partial charge in [-0.25, -0.2) is 0 Å². The summed E-state index contributed by atoms with van der Waals surface area (Å²) in [6, 6.07) is 6.69. The zero-order valence-electron chi connectivity index (χ0n) is 14.3. The second-order valence-corrected chi connectivity index (χ2v) is 7.04. The van der Waals surface area contributed by atoms with Gasteiger partial charge in [0.2, 0.25) is 11.8 Å². The summed E-state index contributed by atoms with van der Waals surface area (Å²) in [6.07, 6.45) is 3.22. The van der Waals surface area contributed by atoms with Crippen LogP contribution in [-0.2, 0) is 9.59 Å². The van der Waals surface area contributed by atoms with Crippen LogP contribution in [0.5, 0.6) is 0 Å². The Morgan fingerprint density at radius 3 is 2.61 bits per heavy atom. The van der Waals surface area contributed by atoms with Crippen LogP contribution in [0.3, 0.4) is 0 Å². The van der Waals surface area contributed by atoms with Gasteiger partial charge in [0.1, 0.15) is 0 Å². The molecule has 0 N–H and O–H groups in total. The van der Waals surface area contributed by atoms with E-state index in [1.54, 1.807) is 4.90 Å². The molecule has 1 aromatic rings. The Balaban J connectivity index is 1.77. The lowest BCUT2D eigenvalue weighted by molar-refractivity contribution is -0.145. The standard InChI is InChI=1S/C19H26N2O2/c1-13-6-7-15(11-14(13)2)17-5-4-9-21(17)19(23)16-8-10-20(3)18(22)12-16/h6-7,11,16-17H,4-5,8-10,12H2,1-3H3. The average molecular weight is 314 g/mol. The fraction of sp³-hybridized carbons (Fsp3) is 0.579. The lowest BCUT2D eigenvalue weighted by Crippen LogP contribution is -2.43. The highest BCUT2D eigenvalue weighted by Crippen LogP contribution is 2.35. The van der Waals surface area contributed by atoms with Gasteiger partial charge < -0.3 is 9.80 Å². The highest BCUT2D eigenvalue weighted by atomic mass is 16.2. The Labute approximate surface area is 138 Å². The molecule has 4 nitrogen and oxygen atoms in total. The van der Waals surface area contributed by atoms with Crippen LogP contribution in [0.1, 0.15) is 48.4 Å². The molecule has 0 aromatic heterocycles. The second kappa shape index (κ2) is 6.34. The molecular weight excluding hydrogens is 288 g/mol. The van der Waals surface area contributed by atoms with E-state index in [2.05, 4.69) is 32.0 Å². The van der Waals surface area contributed by atoms with Gasteiger partial charge in [-0.15, -0.1) is 0 Å². The van der Waals surface area contributed by atoms with E-state index in [4.69, 9.17) is 0 Å². The van der Waals surface area contributed by atoms with Crippen LogP contribution in [0.25, 0.3) is 0 Å². The molecule has 0 bridgehead atoms. The molecule has 2 saturated heterocycles. The maximum absolute atomic E-state index is 12.9. The maximum atomic E-state index is 12.9. The molecule has 1 aromatic carbocycles. The monoisotopic (exact) mass is 314 g/mol. The highest BCUT2D eigenvalue weighted by Gasteiger charge is 2.36. The van der Waals surface area contributed by atoms with Crippen molar-refractivity contribution in [2.75, 3.05) is 20.1 Å². The minimum absolute atomic E-state index is 0.0940. The van der Waals surface area contributed by atoms with E-state index in [1.165, 1.54) is 16.7 Å². The largest absolute Gasteiger partial charge is 0.346 e. The summed E-state index contributed by atoms with van der Waals surface area (Å²) in [5.74, 6) is 0.134. The molecule has 2 atom stereocenters. The van der Waals surface area contributed by atoms with Crippen molar-refractivity contribution in [3.8, 4) is 0 Å². The van der Waals surface area contributed by atoms with Crippen molar-refractivity contribution in [2.45, 2.75) is 45.6 Å². The Hall–Kier alpha value is -1.84. The van der Waals surface area contributed by atoms with E-state index < -0.39 is 0 Å². The number of carbonyl (C=O) groups excluding carboxylic acids is 2. The Bertz CT molecular complexity index is 626. The normalized spacial score (nSPS) is 25.1. The van der Waals surface area contributed by atoms with Crippen LogP contribution in [0.4, 0.5) is 0 Å². The predicted octanol–water partition coefficient (Wildman–Crippen LogP) is 2.84. The summed E-state index contributed by atoms with van der Waals surface area (Å²) >= 11 is 0. The first kappa shape index (κ1) is 16.0. The first-order chi connectivity index (χ1) is 11.0. The lowest BCUT2D eigenvalue weighted by atomic mass is 9.93. The fourth-order valence-corrected chi connectivity index (χ4v) is 3.74. The van der Waals surface area contributed by atoms with Gasteiger partial charge in [-0.2, -0.15) is 0 Å². The Morgan fingerprint density at radius 2 is 1.91 bits per heavy atom. The zero-order chi connectivity index (χ0) is 16.6. The van der Waals surface area contributed by atoms with Crippen LogP contribution in [0, 0.1) is 19.8 Å². The number of aryl methyl sites for hydroxylation is 2. The molecule has 3 rings (SSSR count). The number of hydrogen-bond donors (Lipinski definition) is 0. The minimum atomic E-state index is -0.133. The quantitative estimate of drug-likeness (QED) is 0.842. The minimum Gasteiger partial charge on any atom is -0.346 e. The molecule has 0 aliphatic carbocycles. The third-order valence-corrected chi connectivity index (χ3v) is 5.46. The van der Waals surface area contributed by atoms with Gasteiger partial charge in [-0.3, -0.25) is 9.59 Å². The van der Waals surface area contributed by atoms with Crippen LogP contribution < -0.4 is 0 Å². The number of benzene rings is 1. The molecular formula is C19H26N2O2. The SMILES string of the molecule is Cc1ccc(C2CCCN2C(=O)C2CCN(C)C(=O)C2)cc1C. The van der Waals surface area contributed by atoms with E-state index in [1.807, 2.05) is 11.9 Å². The molecule has 2 aliphatic rings. The first-order valence-corrected chi connectivity index (χ1v) is 8.59. The van der Waals surface area contributed by atoms with E-state index in [9.17, 15) is 9.59 Å². The molecule has 2 fully saturated rings. The van der Waals surface area contributed by atoms with Gasteiger partial charge in [0, 0.05) is 32.5 Å². The summed E-state index contributed by atoms with van der Waals surface area (Å²) in [5.41, 5.74) is 3.79. The molecule has 2 amide bonds. The Kier molecular flexibility index (Phi) is 4.42. The van der Waals surface area contributed by atoms with Crippen molar-refractivity contribution in [1.29, 1.82) is 0 Å². The molecule has 124 valence electrons. The second-order valence-electron chi connectivity index (χ2n) is 7.04. The molecule has 0 radical (unpaired) electrons. The van der Waals surface area contributed by atoms with Crippen LogP contribution in [-0.4, -0.2) is 41.8 Å². The van der Waals surface area contributed by atoms with E-state index >= 15 is 0 Å². The number of likely N-dealkylation sites (tertiary alicyclic amines) is 2. The third-order valence-electron chi connectivity index (χ3n) is 5.46. The highest BCUT2D eigenvalue weighted by molar-refractivity contribution is 5.87. The van der Waals surface area contributed by atoms with Crippen LogP contribution in [0.2, 0.25) is 0 Å². The summed E-state index contributed by atoms with van der Waals surface area (Å²) in [4.78, 5) is 28.6. The van der Waals surface area contributed by atoms with Crippen molar-refractivity contribution in [2.24, 2.45) is 5.92 Å². The van der Waals surface area contributed by atoms with Gasteiger partial charge in [0.25, 0.3) is 0 Å². The molecule has 23 heavy (non-hydrogen) atoms. The number of hydrogen-bond acceptors (Lipinski definition) is 2. The van der Waals surface area contributed by atoms with Crippen molar-refractivity contribution >= 4 is 11.8 Å². The topological polar surface area (TPSA) is 40.6 Å². The van der Waals surface area contributed by atoms with Crippen molar-refractivity contribution in [3.05, 3.63) is 34.9 Å². The van der Waals surface area contributed by atoms with Gasteiger partial charge in [0.05, 0.1) is 6.04 Å². The van der Waals surface area contributed by atoms with Gasteiger partial charge in [-0.05, 0) is 49.8 Å². The number of rotatable bonds is 2. The first-order valence-electron chi connectivity index (χ1n) is 8.59. The average Bonchev–Trinajstić information content (AvgIpc) is 3.01. The van der Waals surface area contributed by atoms with E-state index in [0.29, 0.717) is 13.0 Å². The molecule has 2 unspecified atom stereocenters. The lowest BCUT2D eigenvalue weighted by Gasteiger charge is -2.33. The summed E-state index contributed by atoms with van der Waals surface area (Å²) in [7, 11) is 1.82. The van der Waals surface area contributed by atoms with E-state index in [0.717, 1.165) is 25.8 Å². The number of piperidine rings is 1. The van der Waals surface area contributed by atoms with Crippen LogP contribution >= 0.6 is 0 Å². The molecule has 4 heteroatoms. The number of amides is 2. The van der Waals surface area contributed by atoms with Crippen LogP contribution in [0.15, 0.2) is 18.2 Å². The van der Waals surface area contributed by atoms with Crippen molar-refractivity contribution in [1.82, 2.24) is 9.80 Å². The van der Waals surface area contributed by atoms with Gasteiger partial charge in [-0.1, -0.05) is 18.2 Å². The maximum Gasteiger partial charge on any atom is 0.226 e. The van der Waals surface area contributed by atoms with Crippen molar-refractivity contribution < 1.29 is 9.59 Å². The molecule has 0 spiro atoms. The van der Waals surface area contributed by atoms with Gasteiger partial charge >= 0.3 is 0 Å². The molecule has 0 saturated carbocycles. The Morgan fingerprint density at radius 1 is 1.13 bits per heavy atom. The number of carbonyl (C=O) groups is 2. The molecule has 2 heterocycles. The summed E-state index contributed by atoms with van der Waals surface area (Å²) in [5, 5.41) is 0.